The summed E-state index contributed by atoms with van der Waals surface area (Å²) in [4.78, 5) is 24.1. The van der Waals surface area contributed by atoms with Gasteiger partial charge in [-0.1, -0.05) is 136 Å². The van der Waals surface area contributed by atoms with Crippen LogP contribution in [0.4, 0.5) is 0 Å². The van der Waals surface area contributed by atoms with E-state index in [0.717, 1.165) is 57.8 Å². The number of Topliss-reactive ketones (excluding diaryl/α,β-unsaturated/α-hetero) is 2. The number of hydrogen-bond donors (Lipinski definition) is 1. The third-order valence-corrected chi connectivity index (χ3v) is 7.09. The van der Waals surface area contributed by atoms with E-state index in [2.05, 4.69) is 13.8 Å². The number of aliphatic hydroxyl groups excluding tert-OH is 1. The average molecular weight is 481 g/mol. The predicted molar refractivity (Wildman–Crippen MR) is 147 cm³/mol. The Labute approximate surface area is 213 Å². The molecular formula is C31H60O3. The van der Waals surface area contributed by atoms with Gasteiger partial charge in [-0.2, -0.15) is 0 Å². The van der Waals surface area contributed by atoms with Crippen molar-refractivity contribution in [1.29, 1.82) is 0 Å². The standard InChI is InChI=1S/C31H60O3/c1-3-5-7-9-10-11-12-13-14-18-22-26-30(33)28-31(34)27-23-19-16-15-17-21-25-29(32)24-20-8-6-4-2/h29,32H,3-28H2,1-2H3/t29-/m1/s1. The molecule has 0 bridgehead atoms. The molecule has 0 rings (SSSR count). The lowest BCUT2D eigenvalue weighted by Gasteiger charge is -2.10. The maximum atomic E-state index is 12.0. The van der Waals surface area contributed by atoms with Gasteiger partial charge in [0.1, 0.15) is 11.6 Å². The van der Waals surface area contributed by atoms with Crippen molar-refractivity contribution >= 4 is 11.6 Å². The van der Waals surface area contributed by atoms with Crippen LogP contribution in [0.5, 0.6) is 0 Å². The summed E-state index contributed by atoms with van der Waals surface area (Å²) < 4.78 is 0. The zero-order valence-corrected chi connectivity index (χ0v) is 23.2. The lowest BCUT2D eigenvalue weighted by Crippen LogP contribution is -2.07. The second-order valence-corrected chi connectivity index (χ2v) is 10.7. The number of hydrogen-bond acceptors (Lipinski definition) is 3. The molecule has 0 radical (unpaired) electrons. The molecule has 0 amide bonds. The number of rotatable bonds is 28. The highest BCUT2D eigenvalue weighted by Crippen LogP contribution is 2.15. The van der Waals surface area contributed by atoms with Crippen molar-refractivity contribution in [1.82, 2.24) is 0 Å². The van der Waals surface area contributed by atoms with Gasteiger partial charge in [-0.15, -0.1) is 0 Å². The number of carbonyl (C=O) groups is 2. The first kappa shape index (κ1) is 33.3. The number of unbranched alkanes of at least 4 members (excludes halogenated alkanes) is 18. The molecule has 0 aromatic heterocycles. The number of aliphatic hydroxyl groups is 1. The van der Waals surface area contributed by atoms with Crippen LogP contribution in [0.2, 0.25) is 0 Å². The van der Waals surface area contributed by atoms with E-state index in [-0.39, 0.29) is 24.1 Å². The fourth-order valence-corrected chi connectivity index (χ4v) is 4.74. The quantitative estimate of drug-likeness (QED) is 0.0895. The second kappa shape index (κ2) is 26.9. The van der Waals surface area contributed by atoms with Crippen molar-refractivity contribution in [3.63, 3.8) is 0 Å². The minimum atomic E-state index is -0.114. The highest BCUT2D eigenvalue weighted by atomic mass is 16.3. The van der Waals surface area contributed by atoms with E-state index in [0.29, 0.717) is 12.8 Å². The first-order valence-electron chi connectivity index (χ1n) is 15.3. The van der Waals surface area contributed by atoms with Gasteiger partial charge in [0.25, 0.3) is 0 Å². The molecule has 0 aliphatic heterocycles. The molecule has 34 heavy (non-hydrogen) atoms. The summed E-state index contributed by atoms with van der Waals surface area (Å²) in [6, 6.07) is 0. The van der Waals surface area contributed by atoms with Crippen molar-refractivity contribution in [2.75, 3.05) is 0 Å². The Hall–Kier alpha value is -0.700. The molecule has 0 aromatic rings. The third-order valence-electron chi connectivity index (χ3n) is 7.09. The minimum Gasteiger partial charge on any atom is -0.393 e. The van der Waals surface area contributed by atoms with E-state index in [9.17, 15) is 14.7 Å². The van der Waals surface area contributed by atoms with Crippen molar-refractivity contribution in [2.24, 2.45) is 0 Å². The fraction of sp³-hybridized carbons (Fsp3) is 0.935. The summed E-state index contributed by atoms with van der Waals surface area (Å²) in [5.74, 6) is 0.286. The molecule has 0 heterocycles. The van der Waals surface area contributed by atoms with E-state index in [1.807, 2.05) is 0 Å². The Kier molecular flexibility index (Phi) is 26.3. The maximum absolute atomic E-state index is 12.0. The zero-order chi connectivity index (χ0) is 25.1. The molecule has 0 aliphatic rings. The normalized spacial score (nSPS) is 12.2. The monoisotopic (exact) mass is 480 g/mol. The predicted octanol–water partition coefficient (Wildman–Crippen LogP) is 9.67. The topological polar surface area (TPSA) is 54.4 Å². The number of carbonyl (C=O) groups excluding carboxylic acids is 2. The van der Waals surface area contributed by atoms with E-state index in [1.165, 1.54) is 89.9 Å². The van der Waals surface area contributed by atoms with Gasteiger partial charge < -0.3 is 5.11 Å². The summed E-state index contributed by atoms with van der Waals surface area (Å²) in [5, 5.41) is 10.00. The minimum absolute atomic E-state index is 0.114. The van der Waals surface area contributed by atoms with Gasteiger partial charge in [0.2, 0.25) is 0 Å². The molecule has 202 valence electrons. The average Bonchev–Trinajstić information content (AvgIpc) is 2.82. The summed E-state index contributed by atoms with van der Waals surface area (Å²) in [6.07, 6.45) is 28.8. The van der Waals surface area contributed by atoms with Crippen LogP contribution in [0.15, 0.2) is 0 Å². The van der Waals surface area contributed by atoms with Crippen molar-refractivity contribution in [2.45, 2.75) is 187 Å². The third kappa shape index (κ3) is 25.9. The van der Waals surface area contributed by atoms with Crippen LogP contribution in [0, 0.1) is 0 Å². The van der Waals surface area contributed by atoms with Crippen LogP contribution < -0.4 is 0 Å². The summed E-state index contributed by atoms with van der Waals surface area (Å²) in [6.45, 7) is 4.47. The van der Waals surface area contributed by atoms with E-state index in [1.54, 1.807) is 0 Å². The van der Waals surface area contributed by atoms with Crippen molar-refractivity contribution in [3.05, 3.63) is 0 Å². The summed E-state index contributed by atoms with van der Waals surface area (Å²) in [5.41, 5.74) is 0. The van der Waals surface area contributed by atoms with Gasteiger partial charge in [0, 0.05) is 12.8 Å². The SMILES string of the molecule is CCCCCCCCCCCCCC(=O)CC(=O)CCCCCCCC[C@H](O)CCCCCC. The van der Waals surface area contributed by atoms with Gasteiger partial charge in [-0.05, 0) is 25.7 Å². The molecule has 0 fully saturated rings. The zero-order valence-electron chi connectivity index (χ0n) is 23.2. The Morgan fingerprint density at radius 1 is 0.471 bits per heavy atom. The molecule has 1 N–H and O–H groups in total. The molecule has 0 spiro atoms. The van der Waals surface area contributed by atoms with Crippen molar-refractivity contribution < 1.29 is 14.7 Å². The Morgan fingerprint density at radius 3 is 1.15 bits per heavy atom. The van der Waals surface area contributed by atoms with Crippen LogP contribution in [-0.4, -0.2) is 22.8 Å². The van der Waals surface area contributed by atoms with Gasteiger partial charge >= 0.3 is 0 Å². The summed E-state index contributed by atoms with van der Waals surface area (Å²) in [7, 11) is 0. The van der Waals surface area contributed by atoms with E-state index in [4.69, 9.17) is 0 Å². The fourth-order valence-electron chi connectivity index (χ4n) is 4.74. The molecule has 3 nitrogen and oxygen atoms in total. The molecule has 0 saturated carbocycles. The lowest BCUT2D eigenvalue weighted by atomic mass is 10.0. The molecule has 3 heteroatoms. The molecular weight excluding hydrogens is 420 g/mol. The van der Waals surface area contributed by atoms with Gasteiger partial charge in [0.05, 0.1) is 12.5 Å². The van der Waals surface area contributed by atoms with Gasteiger partial charge in [-0.3, -0.25) is 9.59 Å². The van der Waals surface area contributed by atoms with Crippen molar-refractivity contribution in [3.8, 4) is 0 Å². The van der Waals surface area contributed by atoms with Crippen LogP contribution in [-0.2, 0) is 9.59 Å². The largest absolute Gasteiger partial charge is 0.393 e. The smallest absolute Gasteiger partial charge is 0.140 e. The Balaban J connectivity index is 3.37. The molecule has 0 unspecified atom stereocenters. The highest BCUT2D eigenvalue weighted by molar-refractivity contribution is 5.98. The summed E-state index contributed by atoms with van der Waals surface area (Å²) >= 11 is 0. The first-order chi connectivity index (χ1) is 16.6. The molecule has 0 aliphatic carbocycles. The Bertz CT molecular complexity index is 446. The van der Waals surface area contributed by atoms with Crippen LogP contribution >= 0.6 is 0 Å². The van der Waals surface area contributed by atoms with E-state index < -0.39 is 0 Å². The first-order valence-corrected chi connectivity index (χ1v) is 15.3. The van der Waals surface area contributed by atoms with Crippen LogP contribution in [0.3, 0.4) is 0 Å². The van der Waals surface area contributed by atoms with Crippen LogP contribution in [0.1, 0.15) is 181 Å². The second-order valence-electron chi connectivity index (χ2n) is 10.7. The lowest BCUT2D eigenvalue weighted by molar-refractivity contribution is -0.127. The van der Waals surface area contributed by atoms with Gasteiger partial charge in [0.15, 0.2) is 0 Å². The number of ketones is 2. The maximum Gasteiger partial charge on any atom is 0.140 e. The highest BCUT2D eigenvalue weighted by Gasteiger charge is 2.09. The molecule has 1 atom stereocenters. The van der Waals surface area contributed by atoms with E-state index >= 15 is 0 Å². The molecule has 0 aromatic carbocycles. The molecule has 0 saturated heterocycles. The van der Waals surface area contributed by atoms with Gasteiger partial charge in [-0.25, -0.2) is 0 Å². The Morgan fingerprint density at radius 2 is 0.765 bits per heavy atom. The van der Waals surface area contributed by atoms with Crippen LogP contribution in [0.25, 0.3) is 0 Å².